The van der Waals surface area contributed by atoms with Crippen molar-refractivity contribution < 1.29 is 5.21 Å². The molecule has 6 nitrogen and oxygen atoms in total. The fraction of sp³-hybridized carbons (Fsp3) is 0.583. The molecular weight excluding hydrogens is 230 g/mol. The molecule has 1 aromatic heterocycles. The number of rotatable bonds is 2. The summed E-state index contributed by atoms with van der Waals surface area (Å²) in [5.41, 5.74) is 5.99. The predicted molar refractivity (Wildman–Crippen MR) is 69.7 cm³/mol. The molecule has 1 saturated heterocycles. The molecule has 0 spiro atoms. The molecule has 0 radical (unpaired) electrons. The number of piperidine rings is 1. The van der Waals surface area contributed by atoms with Crippen LogP contribution in [0.3, 0.4) is 0 Å². The summed E-state index contributed by atoms with van der Waals surface area (Å²) >= 11 is 0. The van der Waals surface area contributed by atoms with E-state index in [9.17, 15) is 0 Å². The summed E-state index contributed by atoms with van der Waals surface area (Å²) in [5, 5.41) is 11.6. The number of anilines is 1. The molecule has 18 heavy (non-hydrogen) atoms. The minimum absolute atomic E-state index is 0.0109. The molecule has 1 aliphatic heterocycles. The second-order valence-corrected chi connectivity index (χ2v) is 5.08. The highest BCUT2D eigenvalue weighted by Crippen LogP contribution is 2.23. The van der Waals surface area contributed by atoms with Gasteiger partial charge in [-0.15, -0.1) is 0 Å². The van der Waals surface area contributed by atoms with Gasteiger partial charge < -0.3 is 15.8 Å². The molecule has 0 aromatic carbocycles. The minimum Gasteiger partial charge on any atom is -0.409 e. The first kappa shape index (κ1) is 12.6. The third-order valence-corrected chi connectivity index (χ3v) is 3.16. The van der Waals surface area contributed by atoms with Gasteiger partial charge >= 0.3 is 0 Å². The molecule has 0 amide bonds. The third-order valence-electron chi connectivity index (χ3n) is 3.16. The Balaban J connectivity index is 2.22. The first-order valence-corrected chi connectivity index (χ1v) is 6.16. The maximum atomic E-state index is 8.66. The van der Waals surface area contributed by atoms with Crippen LogP contribution in [0.25, 0.3) is 0 Å². The van der Waals surface area contributed by atoms with Crippen LogP contribution in [-0.2, 0) is 0 Å². The lowest BCUT2D eigenvalue weighted by molar-refractivity contribution is 0.318. The molecule has 2 heterocycles. The lowest BCUT2D eigenvalue weighted by atomic mass is 9.92. The van der Waals surface area contributed by atoms with E-state index in [0.717, 1.165) is 13.1 Å². The summed E-state index contributed by atoms with van der Waals surface area (Å²) < 4.78 is 0. The number of hydrogen-bond acceptors (Lipinski definition) is 5. The topological polar surface area (TPSA) is 87.6 Å². The van der Waals surface area contributed by atoms with Crippen molar-refractivity contribution in [3.05, 3.63) is 18.0 Å². The van der Waals surface area contributed by atoms with Gasteiger partial charge in [-0.1, -0.05) is 19.0 Å². The Bertz CT molecular complexity index is 438. The summed E-state index contributed by atoms with van der Waals surface area (Å²) in [6, 6.07) is 1.63. The molecule has 2 unspecified atom stereocenters. The second kappa shape index (κ2) is 5.20. The van der Waals surface area contributed by atoms with Crippen molar-refractivity contribution >= 4 is 11.8 Å². The number of amidine groups is 1. The standard InChI is InChI=1S/C12H19N5O/c1-8-5-9(2)7-17(6-8)12-14-4-3-10(15-12)11(13)16-18/h3-4,8-9,18H,5-7H2,1-2H3,(H2,13,16). The lowest BCUT2D eigenvalue weighted by Crippen LogP contribution is -2.40. The van der Waals surface area contributed by atoms with Gasteiger partial charge in [0.1, 0.15) is 5.69 Å². The van der Waals surface area contributed by atoms with E-state index < -0.39 is 0 Å². The van der Waals surface area contributed by atoms with E-state index in [0.29, 0.717) is 23.5 Å². The molecule has 2 rings (SSSR count). The molecular formula is C12H19N5O. The smallest absolute Gasteiger partial charge is 0.225 e. The molecule has 98 valence electrons. The van der Waals surface area contributed by atoms with Crippen molar-refractivity contribution in [2.75, 3.05) is 18.0 Å². The zero-order valence-corrected chi connectivity index (χ0v) is 10.7. The van der Waals surface area contributed by atoms with Crippen molar-refractivity contribution in [2.45, 2.75) is 20.3 Å². The zero-order chi connectivity index (χ0) is 13.1. The Morgan fingerprint density at radius 1 is 1.44 bits per heavy atom. The van der Waals surface area contributed by atoms with Crippen LogP contribution in [0.4, 0.5) is 5.95 Å². The van der Waals surface area contributed by atoms with Crippen LogP contribution in [0.15, 0.2) is 17.4 Å². The predicted octanol–water partition coefficient (Wildman–Crippen LogP) is 1.05. The monoisotopic (exact) mass is 249 g/mol. The Labute approximate surface area is 107 Å². The van der Waals surface area contributed by atoms with E-state index in [1.807, 2.05) is 0 Å². The highest BCUT2D eigenvalue weighted by atomic mass is 16.4. The minimum atomic E-state index is 0.0109. The molecule has 0 saturated carbocycles. The second-order valence-electron chi connectivity index (χ2n) is 5.08. The van der Waals surface area contributed by atoms with Gasteiger partial charge in [0.05, 0.1) is 0 Å². The Kier molecular flexibility index (Phi) is 3.64. The lowest BCUT2D eigenvalue weighted by Gasteiger charge is -2.35. The van der Waals surface area contributed by atoms with Gasteiger partial charge in [0, 0.05) is 19.3 Å². The van der Waals surface area contributed by atoms with Crippen LogP contribution in [0.5, 0.6) is 0 Å². The van der Waals surface area contributed by atoms with Gasteiger partial charge in [-0.05, 0) is 24.3 Å². The molecule has 0 aliphatic carbocycles. The van der Waals surface area contributed by atoms with Crippen molar-refractivity contribution in [3.8, 4) is 0 Å². The van der Waals surface area contributed by atoms with E-state index >= 15 is 0 Å². The van der Waals surface area contributed by atoms with Crippen LogP contribution in [0.1, 0.15) is 26.0 Å². The quantitative estimate of drug-likeness (QED) is 0.354. The van der Waals surface area contributed by atoms with Crippen molar-refractivity contribution in [1.82, 2.24) is 9.97 Å². The Morgan fingerprint density at radius 2 is 2.11 bits per heavy atom. The third kappa shape index (κ3) is 2.69. The fourth-order valence-corrected chi connectivity index (χ4v) is 2.52. The van der Waals surface area contributed by atoms with Crippen LogP contribution >= 0.6 is 0 Å². The summed E-state index contributed by atoms with van der Waals surface area (Å²) in [4.78, 5) is 10.8. The number of nitrogens with two attached hydrogens (primary N) is 1. The molecule has 2 atom stereocenters. The fourth-order valence-electron chi connectivity index (χ4n) is 2.52. The summed E-state index contributed by atoms with van der Waals surface area (Å²) in [6.07, 6.45) is 2.87. The maximum Gasteiger partial charge on any atom is 0.225 e. The van der Waals surface area contributed by atoms with Crippen molar-refractivity contribution in [3.63, 3.8) is 0 Å². The van der Waals surface area contributed by atoms with Gasteiger partial charge in [0.2, 0.25) is 5.95 Å². The number of oxime groups is 1. The molecule has 3 N–H and O–H groups in total. The largest absolute Gasteiger partial charge is 0.409 e. The van der Waals surface area contributed by atoms with Crippen LogP contribution < -0.4 is 10.6 Å². The SMILES string of the molecule is CC1CC(C)CN(c2nccc(/C(N)=N/O)n2)C1. The van der Waals surface area contributed by atoms with E-state index in [1.54, 1.807) is 12.3 Å². The van der Waals surface area contributed by atoms with Crippen LogP contribution in [0, 0.1) is 11.8 Å². The highest BCUT2D eigenvalue weighted by Gasteiger charge is 2.23. The average Bonchev–Trinajstić information content (AvgIpc) is 2.37. The van der Waals surface area contributed by atoms with Crippen molar-refractivity contribution in [2.24, 2.45) is 22.7 Å². The highest BCUT2D eigenvalue weighted by molar-refractivity contribution is 5.95. The van der Waals surface area contributed by atoms with E-state index in [1.165, 1.54) is 6.42 Å². The summed E-state index contributed by atoms with van der Waals surface area (Å²) in [6.45, 7) is 6.36. The van der Waals surface area contributed by atoms with E-state index in [2.05, 4.69) is 33.9 Å². The average molecular weight is 249 g/mol. The Hall–Kier alpha value is -1.85. The van der Waals surface area contributed by atoms with E-state index in [-0.39, 0.29) is 5.84 Å². The molecule has 1 fully saturated rings. The van der Waals surface area contributed by atoms with E-state index in [4.69, 9.17) is 10.9 Å². The van der Waals surface area contributed by atoms with Gasteiger partial charge in [-0.3, -0.25) is 0 Å². The van der Waals surface area contributed by atoms with Gasteiger partial charge in [0.15, 0.2) is 5.84 Å². The number of hydrogen-bond donors (Lipinski definition) is 2. The summed E-state index contributed by atoms with van der Waals surface area (Å²) in [5.74, 6) is 1.92. The molecule has 1 aliphatic rings. The van der Waals surface area contributed by atoms with Gasteiger partial charge in [0.25, 0.3) is 0 Å². The van der Waals surface area contributed by atoms with Crippen LogP contribution in [0.2, 0.25) is 0 Å². The first-order valence-electron chi connectivity index (χ1n) is 6.16. The van der Waals surface area contributed by atoms with Gasteiger partial charge in [-0.25, -0.2) is 9.97 Å². The number of nitrogens with zero attached hydrogens (tertiary/aromatic N) is 4. The van der Waals surface area contributed by atoms with Gasteiger partial charge in [-0.2, -0.15) is 0 Å². The van der Waals surface area contributed by atoms with Crippen molar-refractivity contribution in [1.29, 1.82) is 0 Å². The normalized spacial score (nSPS) is 25.2. The first-order chi connectivity index (χ1) is 8.60. The number of aromatic nitrogens is 2. The van der Waals surface area contributed by atoms with Crippen LogP contribution in [-0.4, -0.2) is 34.1 Å². The molecule has 0 bridgehead atoms. The summed E-state index contributed by atoms with van der Waals surface area (Å²) in [7, 11) is 0. The Morgan fingerprint density at radius 3 is 2.72 bits per heavy atom. The zero-order valence-electron chi connectivity index (χ0n) is 10.7. The maximum absolute atomic E-state index is 8.66. The molecule has 6 heteroatoms. The molecule has 1 aromatic rings.